The standard InChI is InChI=1S/C16H25N5O/c1-4-12-8-17-14-13(12)15(19-11-18-14)21-7-5-6-16(22,10-21)9-20(2)3/h8,11,22H,4-7,9-10H2,1-3H3,(H,17,18,19). The van der Waals surface area contributed by atoms with Crippen LogP contribution in [0, 0.1) is 0 Å². The Bertz CT molecular complexity index is 653. The molecule has 0 aliphatic carbocycles. The van der Waals surface area contributed by atoms with Gasteiger partial charge in [-0.25, -0.2) is 9.97 Å². The van der Waals surface area contributed by atoms with Gasteiger partial charge >= 0.3 is 0 Å². The van der Waals surface area contributed by atoms with E-state index >= 15 is 0 Å². The summed E-state index contributed by atoms with van der Waals surface area (Å²) in [5, 5.41) is 12.0. The van der Waals surface area contributed by atoms with E-state index in [1.165, 1.54) is 5.56 Å². The van der Waals surface area contributed by atoms with Crippen molar-refractivity contribution in [2.75, 3.05) is 38.6 Å². The molecule has 6 nitrogen and oxygen atoms in total. The van der Waals surface area contributed by atoms with Crippen LogP contribution in [0.1, 0.15) is 25.3 Å². The Kier molecular flexibility index (Phi) is 4.06. The summed E-state index contributed by atoms with van der Waals surface area (Å²) in [6.45, 7) is 4.35. The van der Waals surface area contributed by atoms with Gasteiger partial charge in [0.15, 0.2) is 0 Å². The van der Waals surface area contributed by atoms with Crippen molar-refractivity contribution in [2.24, 2.45) is 0 Å². The Hall–Kier alpha value is -1.66. The second-order valence-corrected chi connectivity index (χ2v) is 6.58. The highest BCUT2D eigenvalue weighted by Gasteiger charge is 2.35. The highest BCUT2D eigenvalue weighted by atomic mass is 16.3. The van der Waals surface area contributed by atoms with Crippen LogP contribution in [0.3, 0.4) is 0 Å². The Morgan fingerprint density at radius 3 is 2.95 bits per heavy atom. The zero-order chi connectivity index (χ0) is 15.7. The summed E-state index contributed by atoms with van der Waals surface area (Å²) in [5.41, 5.74) is 1.43. The second-order valence-electron chi connectivity index (χ2n) is 6.58. The van der Waals surface area contributed by atoms with Crippen LogP contribution < -0.4 is 4.90 Å². The quantitative estimate of drug-likeness (QED) is 0.894. The van der Waals surface area contributed by atoms with Crippen molar-refractivity contribution in [3.63, 3.8) is 0 Å². The molecule has 0 aromatic carbocycles. The minimum atomic E-state index is -0.679. The number of anilines is 1. The van der Waals surface area contributed by atoms with Gasteiger partial charge < -0.3 is 19.9 Å². The van der Waals surface area contributed by atoms with E-state index in [0.717, 1.165) is 42.7 Å². The van der Waals surface area contributed by atoms with Gasteiger partial charge in [0, 0.05) is 25.8 Å². The number of nitrogens with zero attached hydrogens (tertiary/aromatic N) is 4. The molecule has 2 aromatic rings. The first-order chi connectivity index (χ1) is 10.5. The Balaban J connectivity index is 1.95. The third-order valence-corrected chi connectivity index (χ3v) is 4.38. The summed E-state index contributed by atoms with van der Waals surface area (Å²) in [5.74, 6) is 0.944. The highest BCUT2D eigenvalue weighted by Crippen LogP contribution is 2.31. The first-order valence-electron chi connectivity index (χ1n) is 7.95. The van der Waals surface area contributed by atoms with Crippen molar-refractivity contribution in [1.29, 1.82) is 0 Å². The fourth-order valence-electron chi connectivity index (χ4n) is 3.54. The van der Waals surface area contributed by atoms with E-state index in [2.05, 4.69) is 26.8 Å². The van der Waals surface area contributed by atoms with Crippen LogP contribution in [0.2, 0.25) is 0 Å². The zero-order valence-electron chi connectivity index (χ0n) is 13.6. The molecule has 1 atom stereocenters. The van der Waals surface area contributed by atoms with Crippen LogP contribution in [0.5, 0.6) is 0 Å². The SMILES string of the molecule is CCc1c[nH]c2ncnc(N3CCCC(O)(CN(C)C)C3)c12. The van der Waals surface area contributed by atoms with E-state index in [1.54, 1.807) is 6.33 Å². The summed E-state index contributed by atoms with van der Waals surface area (Å²) >= 11 is 0. The maximum Gasteiger partial charge on any atom is 0.143 e. The van der Waals surface area contributed by atoms with Gasteiger partial charge in [0.2, 0.25) is 0 Å². The average Bonchev–Trinajstić information content (AvgIpc) is 2.89. The molecule has 1 aliphatic rings. The van der Waals surface area contributed by atoms with Crippen LogP contribution in [0.25, 0.3) is 11.0 Å². The second kappa shape index (κ2) is 5.85. The third kappa shape index (κ3) is 2.80. The lowest BCUT2D eigenvalue weighted by atomic mass is 9.92. The molecule has 1 saturated heterocycles. The van der Waals surface area contributed by atoms with Crippen molar-refractivity contribution in [3.8, 4) is 0 Å². The predicted molar refractivity (Wildman–Crippen MR) is 88.2 cm³/mol. The van der Waals surface area contributed by atoms with Gasteiger partial charge in [-0.2, -0.15) is 0 Å². The monoisotopic (exact) mass is 303 g/mol. The first kappa shape index (κ1) is 15.2. The molecule has 2 N–H and O–H groups in total. The fourth-order valence-corrected chi connectivity index (χ4v) is 3.54. The van der Waals surface area contributed by atoms with Crippen molar-refractivity contribution < 1.29 is 5.11 Å². The molecular weight excluding hydrogens is 278 g/mol. The summed E-state index contributed by atoms with van der Waals surface area (Å²) in [6.07, 6.45) is 6.37. The summed E-state index contributed by atoms with van der Waals surface area (Å²) in [4.78, 5) is 16.3. The number of aliphatic hydroxyl groups is 1. The van der Waals surface area contributed by atoms with E-state index < -0.39 is 5.60 Å². The zero-order valence-corrected chi connectivity index (χ0v) is 13.6. The number of aryl methyl sites for hydroxylation is 1. The first-order valence-corrected chi connectivity index (χ1v) is 7.95. The number of aromatic amines is 1. The van der Waals surface area contributed by atoms with Gasteiger partial charge in [0.25, 0.3) is 0 Å². The number of likely N-dealkylation sites (N-methyl/N-ethyl adjacent to an activating group) is 1. The molecule has 1 fully saturated rings. The molecule has 6 heteroatoms. The average molecular weight is 303 g/mol. The largest absolute Gasteiger partial charge is 0.387 e. The van der Waals surface area contributed by atoms with Gasteiger partial charge in [-0.1, -0.05) is 6.92 Å². The molecule has 0 amide bonds. The Morgan fingerprint density at radius 1 is 1.41 bits per heavy atom. The van der Waals surface area contributed by atoms with E-state index in [-0.39, 0.29) is 0 Å². The van der Waals surface area contributed by atoms with Crippen LogP contribution >= 0.6 is 0 Å². The van der Waals surface area contributed by atoms with Crippen LogP contribution in [-0.2, 0) is 6.42 Å². The Labute approximate surface area is 131 Å². The number of fused-ring (bicyclic) bond motifs is 1. The van der Waals surface area contributed by atoms with E-state index in [9.17, 15) is 5.11 Å². The third-order valence-electron chi connectivity index (χ3n) is 4.38. The summed E-state index contributed by atoms with van der Waals surface area (Å²) in [7, 11) is 4.00. The molecule has 0 spiro atoms. The predicted octanol–water partition coefficient (Wildman–Crippen LogP) is 1.41. The molecule has 3 rings (SSSR count). The van der Waals surface area contributed by atoms with E-state index in [0.29, 0.717) is 13.1 Å². The maximum atomic E-state index is 10.9. The normalized spacial score (nSPS) is 22.7. The lowest BCUT2D eigenvalue weighted by Gasteiger charge is -2.41. The minimum absolute atomic E-state index is 0.617. The van der Waals surface area contributed by atoms with Gasteiger partial charge in [-0.3, -0.25) is 0 Å². The summed E-state index contributed by atoms with van der Waals surface area (Å²) < 4.78 is 0. The number of hydrogen-bond donors (Lipinski definition) is 2. The molecule has 120 valence electrons. The number of aromatic nitrogens is 3. The minimum Gasteiger partial charge on any atom is -0.387 e. The number of β-amino-alcohol motifs (C(OH)–C–C–N with tert-alkyl or cyclic N) is 1. The lowest BCUT2D eigenvalue weighted by molar-refractivity contribution is 0.00359. The molecule has 0 saturated carbocycles. The fraction of sp³-hybridized carbons (Fsp3) is 0.625. The van der Waals surface area contributed by atoms with Gasteiger partial charge in [0.1, 0.15) is 17.8 Å². The molecule has 1 aliphatic heterocycles. The number of rotatable bonds is 4. The lowest BCUT2D eigenvalue weighted by Crippen LogP contribution is -2.53. The van der Waals surface area contributed by atoms with E-state index in [4.69, 9.17) is 0 Å². The molecule has 3 heterocycles. The van der Waals surface area contributed by atoms with Crippen LogP contribution in [0.15, 0.2) is 12.5 Å². The Morgan fingerprint density at radius 2 is 2.23 bits per heavy atom. The maximum absolute atomic E-state index is 10.9. The number of piperidine rings is 1. The van der Waals surface area contributed by atoms with Crippen molar-refractivity contribution in [3.05, 3.63) is 18.1 Å². The molecule has 2 aromatic heterocycles. The number of nitrogens with one attached hydrogen (secondary N) is 1. The van der Waals surface area contributed by atoms with Gasteiger partial charge in [-0.15, -0.1) is 0 Å². The molecule has 0 radical (unpaired) electrons. The molecule has 1 unspecified atom stereocenters. The topological polar surface area (TPSA) is 68.3 Å². The van der Waals surface area contributed by atoms with Crippen molar-refractivity contribution >= 4 is 16.9 Å². The molecule has 22 heavy (non-hydrogen) atoms. The molecular formula is C16H25N5O. The van der Waals surface area contributed by atoms with Crippen LogP contribution in [0.4, 0.5) is 5.82 Å². The van der Waals surface area contributed by atoms with Gasteiger partial charge in [-0.05, 0) is 38.9 Å². The highest BCUT2D eigenvalue weighted by molar-refractivity contribution is 5.90. The molecule has 0 bridgehead atoms. The van der Waals surface area contributed by atoms with Crippen molar-refractivity contribution in [1.82, 2.24) is 19.9 Å². The number of H-pyrrole nitrogens is 1. The summed E-state index contributed by atoms with van der Waals surface area (Å²) in [6, 6.07) is 0. The van der Waals surface area contributed by atoms with Gasteiger partial charge in [0.05, 0.1) is 11.0 Å². The van der Waals surface area contributed by atoms with Crippen molar-refractivity contribution in [2.45, 2.75) is 31.8 Å². The number of hydrogen-bond acceptors (Lipinski definition) is 5. The smallest absolute Gasteiger partial charge is 0.143 e. The van der Waals surface area contributed by atoms with E-state index in [1.807, 2.05) is 25.2 Å². The van der Waals surface area contributed by atoms with Crippen LogP contribution in [-0.4, -0.2) is 64.3 Å².